The third-order valence-corrected chi connectivity index (χ3v) is 2.17. The molecule has 16 heavy (non-hydrogen) atoms. The summed E-state index contributed by atoms with van der Waals surface area (Å²) in [4.78, 5) is 8.10. The minimum absolute atomic E-state index is 0.352. The van der Waals surface area contributed by atoms with Crippen molar-refractivity contribution in [2.45, 2.75) is 0 Å². The molecule has 4 heteroatoms. The summed E-state index contributed by atoms with van der Waals surface area (Å²) >= 11 is 0. The highest BCUT2D eigenvalue weighted by Crippen LogP contribution is 2.28. The van der Waals surface area contributed by atoms with Crippen LogP contribution in [0, 0.1) is 6.07 Å². The molecule has 81 valence electrons. The largest absolute Gasteiger partial charge is 0.496 e. The van der Waals surface area contributed by atoms with E-state index in [2.05, 4.69) is 16.0 Å². The lowest BCUT2D eigenvalue weighted by Gasteiger charge is -2.07. The van der Waals surface area contributed by atoms with Crippen molar-refractivity contribution in [1.82, 2.24) is 9.97 Å². The Bertz CT molecular complexity index is 469. The summed E-state index contributed by atoms with van der Waals surface area (Å²) in [5.41, 5.74) is 1.82. The van der Waals surface area contributed by atoms with Crippen LogP contribution in [0.25, 0.3) is 11.1 Å². The maximum Gasteiger partial charge on any atom is 0.316 e. The van der Waals surface area contributed by atoms with Crippen molar-refractivity contribution >= 4 is 0 Å². The van der Waals surface area contributed by atoms with E-state index in [4.69, 9.17) is 9.47 Å². The number of methoxy groups -OCH3 is 2. The van der Waals surface area contributed by atoms with Gasteiger partial charge in [0.1, 0.15) is 5.75 Å². The lowest BCUT2D eigenvalue weighted by molar-refractivity contribution is 0.380. The molecule has 1 aromatic carbocycles. The Kier molecular flexibility index (Phi) is 3.00. The summed E-state index contributed by atoms with van der Waals surface area (Å²) in [6.07, 6.45) is 3.40. The molecular weight excluding hydrogens is 204 g/mol. The summed E-state index contributed by atoms with van der Waals surface area (Å²) in [7, 11) is 3.16. The van der Waals surface area contributed by atoms with Gasteiger partial charge in [-0.1, -0.05) is 6.07 Å². The smallest absolute Gasteiger partial charge is 0.316 e. The van der Waals surface area contributed by atoms with Gasteiger partial charge in [-0.2, -0.15) is 0 Å². The Labute approximate surface area is 93.9 Å². The third kappa shape index (κ3) is 1.95. The molecule has 0 unspecified atom stereocenters. The van der Waals surface area contributed by atoms with E-state index in [1.54, 1.807) is 25.6 Å². The molecule has 0 N–H and O–H groups in total. The van der Waals surface area contributed by atoms with E-state index in [0.29, 0.717) is 6.01 Å². The van der Waals surface area contributed by atoms with E-state index in [0.717, 1.165) is 16.9 Å². The average molecular weight is 215 g/mol. The van der Waals surface area contributed by atoms with Crippen molar-refractivity contribution in [2.24, 2.45) is 0 Å². The Morgan fingerprint density at radius 1 is 1.12 bits per heavy atom. The van der Waals surface area contributed by atoms with Crippen molar-refractivity contribution in [3.8, 4) is 22.9 Å². The van der Waals surface area contributed by atoms with E-state index in [9.17, 15) is 0 Å². The van der Waals surface area contributed by atoms with Gasteiger partial charge in [-0.05, 0) is 18.2 Å². The van der Waals surface area contributed by atoms with Crippen LogP contribution in [0.4, 0.5) is 0 Å². The number of benzene rings is 1. The first kappa shape index (κ1) is 10.4. The molecule has 2 aromatic rings. The summed E-state index contributed by atoms with van der Waals surface area (Å²) in [6.45, 7) is 0. The number of nitrogens with zero attached hydrogens (tertiary/aromatic N) is 2. The van der Waals surface area contributed by atoms with Crippen LogP contribution in [-0.2, 0) is 0 Å². The van der Waals surface area contributed by atoms with Crippen LogP contribution in [-0.4, -0.2) is 24.2 Å². The van der Waals surface area contributed by atoms with Gasteiger partial charge in [-0.15, -0.1) is 0 Å². The number of hydrogen-bond donors (Lipinski definition) is 0. The first-order chi connectivity index (χ1) is 7.85. The first-order valence-corrected chi connectivity index (χ1v) is 4.75. The Balaban J connectivity index is 2.42. The lowest BCUT2D eigenvalue weighted by atomic mass is 10.1. The fraction of sp³-hybridized carbons (Fsp3) is 0.167. The Morgan fingerprint density at radius 3 is 2.50 bits per heavy atom. The molecule has 0 spiro atoms. The molecule has 0 aliphatic rings. The second-order valence-electron chi connectivity index (χ2n) is 3.08. The predicted octanol–water partition coefficient (Wildman–Crippen LogP) is 1.96. The summed E-state index contributed by atoms with van der Waals surface area (Å²) in [6, 6.07) is 8.81. The van der Waals surface area contributed by atoms with Crippen LogP contribution in [0.3, 0.4) is 0 Å². The molecule has 0 aliphatic carbocycles. The molecular formula is C12H11N2O2. The summed E-state index contributed by atoms with van der Waals surface area (Å²) in [5, 5.41) is 0. The van der Waals surface area contributed by atoms with Crippen molar-refractivity contribution in [3.05, 3.63) is 36.7 Å². The molecule has 1 aromatic heterocycles. The Hall–Kier alpha value is -2.10. The summed E-state index contributed by atoms with van der Waals surface area (Å²) in [5.74, 6) is 0.747. The van der Waals surface area contributed by atoms with E-state index in [-0.39, 0.29) is 0 Å². The summed E-state index contributed by atoms with van der Waals surface area (Å²) < 4.78 is 10.1. The second kappa shape index (κ2) is 4.61. The lowest BCUT2D eigenvalue weighted by Crippen LogP contribution is -1.93. The van der Waals surface area contributed by atoms with Crippen molar-refractivity contribution in [3.63, 3.8) is 0 Å². The zero-order valence-corrected chi connectivity index (χ0v) is 9.10. The zero-order chi connectivity index (χ0) is 11.4. The van der Waals surface area contributed by atoms with E-state index >= 15 is 0 Å². The molecule has 4 nitrogen and oxygen atoms in total. The van der Waals surface area contributed by atoms with Crippen LogP contribution in [0.15, 0.2) is 30.6 Å². The maximum absolute atomic E-state index is 5.24. The van der Waals surface area contributed by atoms with E-state index in [1.807, 2.05) is 12.1 Å². The number of hydrogen-bond acceptors (Lipinski definition) is 4. The van der Waals surface area contributed by atoms with Gasteiger partial charge in [0.2, 0.25) is 0 Å². The van der Waals surface area contributed by atoms with E-state index < -0.39 is 0 Å². The number of ether oxygens (including phenoxy) is 2. The predicted molar refractivity (Wildman–Crippen MR) is 59.4 cm³/mol. The molecule has 0 fully saturated rings. The molecule has 1 heterocycles. The van der Waals surface area contributed by atoms with Crippen LogP contribution < -0.4 is 9.47 Å². The van der Waals surface area contributed by atoms with Crippen LogP contribution in [0.2, 0.25) is 0 Å². The highest BCUT2D eigenvalue weighted by Gasteiger charge is 2.05. The molecule has 0 saturated heterocycles. The van der Waals surface area contributed by atoms with E-state index in [1.165, 1.54) is 7.11 Å². The second-order valence-corrected chi connectivity index (χ2v) is 3.08. The third-order valence-electron chi connectivity index (χ3n) is 2.17. The standard InChI is InChI=1S/C12H11N2O2/c1-15-11-6-4-3-5-10(11)9-7-13-12(16-2)14-8-9/h3,5-8H,1-2H3. The Morgan fingerprint density at radius 2 is 1.88 bits per heavy atom. The average Bonchev–Trinajstić information content (AvgIpc) is 2.39. The highest BCUT2D eigenvalue weighted by atomic mass is 16.5. The quantitative estimate of drug-likeness (QED) is 0.785. The minimum atomic E-state index is 0.352. The van der Waals surface area contributed by atoms with Gasteiger partial charge in [0.25, 0.3) is 0 Å². The van der Waals surface area contributed by atoms with Crippen molar-refractivity contribution in [1.29, 1.82) is 0 Å². The van der Waals surface area contributed by atoms with Gasteiger partial charge in [-0.25, -0.2) is 9.97 Å². The number of rotatable bonds is 3. The molecule has 1 radical (unpaired) electrons. The van der Waals surface area contributed by atoms with Gasteiger partial charge in [0, 0.05) is 23.5 Å². The number of aromatic nitrogens is 2. The maximum atomic E-state index is 5.24. The van der Waals surface area contributed by atoms with Crippen molar-refractivity contribution < 1.29 is 9.47 Å². The molecule has 0 bridgehead atoms. The monoisotopic (exact) mass is 215 g/mol. The topological polar surface area (TPSA) is 44.2 Å². The zero-order valence-electron chi connectivity index (χ0n) is 9.10. The molecule has 0 atom stereocenters. The van der Waals surface area contributed by atoms with Gasteiger partial charge in [0.15, 0.2) is 0 Å². The SMILES string of the molecule is COc1ncc(-c2cc[c]cc2OC)cn1. The highest BCUT2D eigenvalue weighted by molar-refractivity contribution is 5.68. The molecule has 0 amide bonds. The van der Waals surface area contributed by atoms with Gasteiger partial charge >= 0.3 is 6.01 Å². The molecule has 0 aliphatic heterocycles. The van der Waals surface area contributed by atoms with Crippen LogP contribution in [0.1, 0.15) is 0 Å². The fourth-order valence-electron chi connectivity index (χ4n) is 1.38. The van der Waals surface area contributed by atoms with Gasteiger partial charge in [0.05, 0.1) is 14.2 Å². The molecule has 2 rings (SSSR count). The minimum Gasteiger partial charge on any atom is -0.496 e. The van der Waals surface area contributed by atoms with Crippen LogP contribution in [0.5, 0.6) is 11.8 Å². The van der Waals surface area contributed by atoms with Crippen molar-refractivity contribution in [2.75, 3.05) is 14.2 Å². The van der Waals surface area contributed by atoms with Crippen LogP contribution >= 0.6 is 0 Å². The molecule has 0 saturated carbocycles. The first-order valence-electron chi connectivity index (χ1n) is 4.75. The fourth-order valence-corrected chi connectivity index (χ4v) is 1.38. The van der Waals surface area contributed by atoms with Gasteiger partial charge < -0.3 is 9.47 Å². The normalized spacial score (nSPS) is 9.88. The van der Waals surface area contributed by atoms with Gasteiger partial charge in [-0.3, -0.25) is 0 Å².